The molecular formula is C37H34Cl2N4O5. The van der Waals surface area contributed by atoms with E-state index in [1.54, 1.807) is 17.0 Å². The number of hydrogen-bond donors (Lipinski definition) is 3. The molecule has 11 heteroatoms. The smallest absolute Gasteiger partial charge is 0.330 e. The standard InChI is InChI=1S/C37H34Cl2N4O5/c38-29-17-26(35(45)43-20-27(21-43)24-11-5-2-6-12-24)18-30(39)33(29)34(44)41-32(36(46)48-22-23-9-3-1-4-10-23)19-40-37(47)42-31-16-15-25-13-7-8-14-28(25)31/h1-14,17-18,27,31-32H,15-16,19-22H2,(H,41,44)(H2,40,42,47)/t31?,32-/m0/s1. The molecule has 4 amide bonds. The molecule has 2 aliphatic rings. The molecule has 0 bridgehead atoms. The molecule has 1 unspecified atom stereocenters. The summed E-state index contributed by atoms with van der Waals surface area (Å²) in [6, 6.07) is 27.8. The maximum absolute atomic E-state index is 13.5. The SMILES string of the molecule is O=C(NC[C@H](NC(=O)c1c(Cl)cc(C(=O)N2CC(c3ccccc3)C2)cc1Cl)C(=O)OCc1ccccc1)NC1CCc2ccccc21. The molecule has 48 heavy (non-hydrogen) atoms. The molecule has 246 valence electrons. The Hall–Kier alpha value is -4.86. The number of halogens is 2. The Bertz CT molecular complexity index is 1790. The number of nitrogens with one attached hydrogen (secondary N) is 3. The fraction of sp³-hybridized carbons (Fsp3) is 0.243. The number of nitrogens with zero attached hydrogens (tertiary/aromatic N) is 1. The number of rotatable bonds is 10. The predicted molar refractivity (Wildman–Crippen MR) is 183 cm³/mol. The molecule has 3 N–H and O–H groups in total. The van der Waals surface area contributed by atoms with Gasteiger partial charge in [0.1, 0.15) is 12.6 Å². The average Bonchev–Trinajstić information content (AvgIpc) is 3.47. The summed E-state index contributed by atoms with van der Waals surface area (Å²) in [6.07, 6.45) is 1.61. The van der Waals surface area contributed by atoms with Gasteiger partial charge in [0, 0.05) is 24.6 Å². The van der Waals surface area contributed by atoms with Gasteiger partial charge in [-0.2, -0.15) is 0 Å². The molecule has 1 heterocycles. The van der Waals surface area contributed by atoms with Crippen molar-refractivity contribution in [3.05, 3.63) is 140 Å². The van der Waals surface area contributed by atoms with Gasteiger partial charge in [-0.05, 0) is 47.2 Å². The van der Waals surface area contributed by atoms with Crippen molar-refractivity contribution in [3.8, 4) is 0 Å². The van der Waals surface area contributed by atoms with Gasteiger partial charge in [0.2, 0.25) is 0 Å². The molecular weight excluding hydrogens is 651 g/mol. The summed E-state index contributed by atoms with van der Waals surface area (Å²) >= 11 is 13.0. The predicted octanol–water partition coefficient (Wildman–Crippen LogP) is 6.06. The monoisotopic (exact) mass is 684 g/mol. The second-order valence-corrected chi connectivity index (χ2v) is 12.7. The van der Waals surface area contributed by atoms with E-state index in [4.69, 9.17) is 27.9 Å². The highest BCUT2D eigenvalue weighted by molar-refractivity contribution is 6.40. The number of urea groups is 1. The molecule has 1 aliphatic carbocycles. The topological polar surface area (TPSA) is 117 Å². The van der Waals surface area contributed by atoms with Crippen molar-refractivity contribution in [1.29, 1.82) is 0 Å². The first-order valence-electron chi connectivity index (χ1n) is 15.7. The summed E-state index contributed by atoms with van der Waals surface area (Å²) in [5.74, 6) is -1.52. The number of carbonyl (C=O) groups is 4. The first-order valence-corrected chi connectivity index (χ1v) is 16.5. The van der Waals surface area contributed by atoms with E-state index in [0.717, 1.165) is 29.5 Å². The van der Waals surface area contributed by atoms with Crippen molar-refractivity contribution in [3.63, 3.8) is 0 Å². The maximum atomic E-state index is 13.5. The lowest BCUT2D eigenvalue weighted by atomic mass is 9.91. The minimum atomic E-state index is -1.27. The summed E-state index contributed by atoms with van der Waals surface area (Å²) in [6.45, 7) is 0.821. The van der Waals surface area contributed by atoms with Crippen LogP contribution in [0.25, 0.3) is 0 Å². The molecule has 9 nitrogen and oxygen atoms in total. The van der Waals surface area contributed by atoms with E-state index in [9.17, 15) is 19.2 Å². The Morgan fingerprint density at radius 1 is 0.854 bits per heavy atom. The third-order valence-corrected chi connectivity index (χ3v) is 9.27. The number of aryl methyl sites for hydroxylation is 1. The van der Waals surface area contributed by atoms with Gasteiger partial charge in [-0.3, -0.25) is 9.59 Å². The number of benzene rings is 4. The summed E-state index contributed by atoms with van der Waals surface area (Å²) in [4.78, 5) is 54.5. The van der Waals surface area contributed by atoms with Gasteiger partial charge in [0.15, 0.2) is 0 Å². The normalized spacial score (nSPS) is 15.9. The molecule has 6 rings (SSSR count). The van der Waals surface area contributed by atoms with Crippen molar-refractivity contribution in [2.24, 2.45) is 0 Å². The third-order valence-electron chi connectivity index (χ3n) is 8.67. The van der Waals surface area contributed by atoms with E-state index in [1.807, 2.05) is 72.8 Å². The summed E-state index contributed by atoms with van der Waals surface area (Å²) in [5.41, 5.74) is 4.30. The van der Waals surface area contributed by atoms with Gasteiger partial charge in [0.05, 0.1) is 28.2 Å². The van der Waals surface area contributed by atoms with Crippen molar-refractivity contribution in [1.82, 2.24) is 20.9 Å². The average molecular weight is 686 g/mol. The van der Waals surface area contributed by atoms with Crippen molar-refractivity contribution < 1.29 is 23.9 Å². The minimum absolute atomic E-state index is 0.0307. The number of ether oxygens (including phenoxy) is 1. The van der Waals surface area contributed by atoms with Gasteiger partial charge in [-0.15, -0.1) is 0 Å². The van der Waals surface area contributed by atoms with Gasteiger partial charge in [0.25, 0.3) is 11.8 Å². The third kappa shape index (κ3) is 7.64. The highest BCUT2D eigenvalue weighted by atomic mass is 35.5. The van der Waals surface area contributed by atoms with Crippen LogP contribution in [0.4, 0.5) is 4.79 Å². The Balaban J connectivity index is 1.11. The molecule has 0 radical (unpaired) electrons. The molecule has 4 aromatic carbocycles. The maximum Gasteiger partial charge on any atom is 0.330 e. The number of fused-ring (bicyclic) bond motifs is 1. The van der Waals surface area contributed by atoms with Crippen LogP contribution >= 0.6 is 23.2 Å². The fourth-order valence-corrected chi connectivity index (χ4v) is 6.70. The quantitative estimate of drug-likeness (QED) is 0.176. The largest absolute Gasteiger partial charge is 0.459 e. The zero-order valence-corrected chi connectivity index (χ0v) is 27.5. The van der Waals surface area contributed by atoms with Crippen LogP contribution in [-0.4, -0.2) is 54.4 Å². The highest BCUT2D eigenvalue weighted by Crippen LogP contribution is 2.32. The lowest BCUT2D eigenvalue weighted by molar-refractivity contribution is -0.147. The van der Waals surface area contributed by atoms with Crippen molar-refractivity contribution in [2.45, 2.75) is 37.5 Å². The zero-order chi connectivity index (χ0) is 33.6. The lowest BCUT2D eigenvalue weighted by Crippen LogP contribution is -2.51. The van der Waals surface area contributed by atoms with Crippen LogP contribution in [0.2, 0.25) is 10.0 Å². The van der Waals surface area contributed by atoms with Gasteiger partial charge >= 0.3 is 12.0 Å². The Morgan fingerprint density at radius 3 is 2.21 bits per heavy atom. The molecule has 4 aromatic rings. The van der Waals surface area contributed by atoms with E-state index < -0.39 is 23.9 Å². The van der Waals surface area contributed by atoms with E-state index >= 15 is 0 Å². The number of amides is 4. The van der Waals surface area contributed by atoms with Crippen LogP contribution in [0.5, 0.6) is 0 Å². The van der Waals surface area contributed by atoms with Gasteiger partial charge in [-0.1, -0.05) is 108 Å². The second-order valence-electron chi connectivity index (χ2n) is 11.9. The summed E-state index contributed by atoms with van der Waals surface area (Å²) in [7, 11) is 0. The summed E-state index contributed by atoms with van der Waals surface area (Å²) < 4.78 is 5.49. The van der Waals surface area contributed by atoms with Crippen LogP contribution in [0, 0.1) is 0 Å². The number of hydrogen-bond acceptors (Lipinski definition) is 5. The van der Waals surface area contributed by atoms with Crippen LogP contribution in [0.3, 0.4) is 0 Å². The zero-order valence-electron chi connectivity index (χ0n) is 26.0. The van der Waals surface area contributed by atoms with Crippen molar-refractivity contribution >= 4 is 47.0 Å². The molecule has 2 atom stereocenters. The molecule has 0 aromatic heterocycles. The first kappa shape index (κ1) is 33.1. The number of likely N-dealkylation sites (tertiary alicyclic amines) is 1. The first-order chi connectivity index (χ1) is 23.3. The summed E-state index contributed by atoms with van der Waals surface area (Å²) in [5, 5.41) is 8.15. The second kappa shape index (κ2) is 14.9. The molecule has 0 saturated carbocycles. The van der Waals surface area contributed by atoms with Crippen LogP contribution in [0.15, 0.2) is 97.1 Å². The Morgan fingerprint density at radius 2 is 1.50 bits per heavy atom. The van der Waals surface area contributed by atoms with E-state index in [1.165, 1.54) is 17.7 Å². The fourth-order valence-electron chi connectivity index (χ4n) is 6.04. The van der Waals surface area contributed by atoms with E-state index in [2.05, 4.69) is 16.0 Å². The van der Waals surface area contributed by atoms with Gasteiger partial charge in [-0.25, -0.2) is 9.59 Å². The van der Waals surface area contributed by atoms with Crippen molar-refractivity contribution in [2.75, 3.05) is 19.6 Å². The Kier molecular flexibility index (Phi) is 10.3. The lowest BCUT2D eigenvalue weighted by Gasteiger charge is -2.39. The number of carbonyl (C=O) groups excluding carboxylic acids is 4. The highest BCUT2D eigenvalue weighted by Gasteiger charge is 2.33. The molecule has 1 saturated heterocycles. The van der Waals surface area contributed by atoms with Crippen LogP contribution in [0.1, 0.15) is 61.4 Å². The Labute approximate surface area is 288 Å². The molecule has 1 fully saturated rings. The van der Waals surface area contributed by atoms with Gasteiger partial charge < -0.3 is 25.6 Å². The molecule has 1 aliphatic heterocycles. The van der Waals surface area contributed by atoms with E-state index in [-0.39, 0.29) is 52.2 Å². The van der Waals surface area contributed by atoms with Crippen LogP contribution in [-0.2, 0) is 22.6 Å². The van der Waals surface area contributed by atoms with E-state index in [0.29, 0.717) is 13.1 Å². The number of esters is 1. The minimum Gasteiger partial charge on any atom is -0.459 e. The molecule has 0 spiro atoms. The van der Waals surface area contributed by atoms with Crippen LogP contribution < -0.4 is 16.0 Å².